The molecule has 1 aliphatic carbocycles. The molecule has 2 atom stereocenters. The van der Waals surface area contributed by atoms with Gasteiger partial charge in [-0.1, -0.05) is 13.3 Å². The zero-order valence-corrected chi connectivity index (χ0v) is 11.4. The maximum atomic E-state index is 12.1. The van der Waals surface area contributed by atoms with Gasteiger partial charge >= 0.3 is 0 Å². The van der Waals surface area contributed by atoms with Crippen molar-refractivity contribution in [2.45, 2.75) is 43.0 Å². The Morgan fingerprint density at radius 1 is 1.47 bits per heavy atom. The molecule has 0 amide bonds. The van der Waals surface area contributed by atoms with Crippen LogP contribution in [0.5, 0.6) is 0 Å². The van der Waals surface area contributed by atoms with Crippen molar-refractivity contribution in [2.75, 3.05) is 0 Å². The van der Waals surface area contributed by atoms with Crippen LogP contribution in [-0.2, 0) is 16.6 Å². The van der Waals surface area contributed by atoms with Gasteiger partial charge < -0.3 is 5.11 Å². The van der Waals surface area contributed by atoms with Gasteiger partial charge in [-0.2, -0.15) is 0 Å². The van der Waals surface area contributed by atoms with Gasteiger partial charge in [-0.15, -0.1) is 11.3 Å². The summed E-state index contributed by atoms with van der Waals surface area (Å²) in [7, 11) is -3.41. The highest BCUT2D eigenvalue weighted by Crippen LogP contribution is 2.28. The number of aliphatic hydroxyl groups excluding tert-OH is 1. The van der Waals surface area contributed by atoms with E-state index in [1.54, 1.807) is 12.1 Å². The van der Waals surface area contributed by atoms with Gasteiger partial charge in [0.05, 0.1) is 6.61 Å². The van der Waals surface area contributed by atoms with E-state index in [0.717, 1.165) is 30.6 Å². The fourth-order valence-corrected chi connectivity index (χ4v) is 4.78. The van der Waals surface area contributed by atoms with E-state index >= 15 is 0 Å². The number of nitrogens with one attached hydrogen (secondary N) is 1. The molecule has 0 spiro atoms. The standard InChI is InChI=1S/C11H17NO3S2/c1-8-3-2-4-10(8)12-17(14,15)11-6-5-9(7-13)16-11/h5-6,8,10,12-13H,2-4,7H2,1H3. The van der Waals surface area contributed by atoms with Crippen LogP contribution in [0.1, 0.15) is 31.1 Å². The van der Waals surface area contributed by atoms with E-state index in [4.69, 9.17) is 5.11 Å². The Morgan fingerprint density at radius 3 is 2.76 bits per heavy atom. The van der Waals surface area contributed by atoms with Crippen LogP contribution in [0.25, 0.3) is 0 Å². The number of hydrogen-bond acceptors (Lipinski definition) is 4. The molecule has 17 heavy (non-hydrogen) atoms. The molecule has 96 valence electrons. The van der Waals surface area contributed by atoms with Crippen LogP contribution < -0.4 is 4.72 Å². The topological polar surface area (TPSA) is 66.4 Å². The highest BCUT2D eigenvalue weighted by Gasteiger charge is 2.28. The monoisotopic (exact) mass is 275 g/mol. The zero-order chi connectivity index (χ0) is 12.5. The summed E-state index contributed by atoms with van der Waals surface area (Å²) < 4.78 is 27.2. The highest BCUT2D eigenvalue weighted by atomic mass is 32.2. The average molecular weight is 275 g/mol. The molecule has 1 aromatic rings. The second kappa shape index (κ2) is 5.06. The van der Waals surface area contributed by atoms with Crippen LogP contribution in [0, 0.1) is 5.92 Å². The summed E-state index contributed by atoms with van der Waals surface area (Å²) >= 11 is 1.12. The van der Waals surface area contributed by atoms with E-state index in [2.05, 4.69) is 11.6 Å². The van der Waals surface area contributed by atoms with Crippen LogP contribution in [-0.4, -0.2) is 19.6 Å². The second-order valence-corrected chi connectivity index (χ2v) is 7.62. The predicted molar refractivity (Wildman–Crippen MR) is 67.4 cm³/mol. The van der Waals surface area contributed by atoms with Crippen molar-refractivity contribution in [1.29, 1.82) is 0 Å². The molecule has 0 bridgehead atoms. The van der Waals surface area contributed by atoms with Crippen LogP contribution >= 0.6 is 11.3 Å². The fourth-order valence-electron chi connectivity index (χ4n) is 2.17. The molecule has 1 aromatic heterocycles. The smallest absolute Gasteiger partial charge is 0.250 e. The van der Waals surface area contributed by atoms with E-state index in [0.29, 0.717) is 15.0 Å². The van der Waals surface area contributed by atoms with Crippen molar-refractivity contribution < 1.29 is 13.5 Å². The van der Waals surface area contributed by atoms with Gasteiger partial charge in [-0.3, -0.25) is 0 Å². The summed E-state index contributed by atoms with van der Waals surface area (Å²) in [5, 5.41) is 8.94. The maximum Gasteiger partial charge on any atom is 0.250 e. The van der Waals surface area contributed by atoms with E-state index in [-0.39, 0.29) is 12.6 Å². The SMILES string of the molecule is CC1CCCC1NS(=O)(=O)c1ccc(CO)s1. The molecule has 1 saturated carbocycles. The molecular weight excluding hydrogens is 258 g/mol. The van der Waals surface area contributed by atoms with Gasteiger partial charge in [-0.05, 0) is 30.9 Å². The van der Waals surface area contributed by atoms with Crippen molar-refractivity contribution in [3.05, 3.63) is 17.0 Å². The number of hydrogen-bond donors (Lipinski definition) is 2. The van der Waals surface area contributed by atoms with Crippen LogP contribution in [0.4, 0.5) is 0 Å². The largest absolute Gasteiger partial charge is 0.391 e. The summed E-state index contributed by atoms with van der Waals surface area (Å²) in [6, 6.07) is 3.26. The van der Waals surface area contributed by atoms with Crippen molar-refractivity contribution in [3.63, 3.8) is 0 Å². The lowest BCUT2D eigenvalue weighted by atomic mass is 10.1. The molecule has 2 N–H and O–H groups in total. The predicted octanol–water partition coefficient (Wildman–Crippen LogP) is 1.71. The minimum Gasteiger partial charge on any atom is -0.391 e. The molecule has 2 rings (SSSR count). The Bertz CT molecular complexity index is 481. The average Bonchev–Trinajstić information content (AvgIpc) is 2.88. The molecule has 0 aliphatic heterocycles. The first-order valence-corrected chi connectivity index (χ1v) is 8.05. The van der Waals surface area contributed by atoms with Crippen molar-refractivity contribution in [2.24, 2.45) is 5.92 Å². The normalized spacial score (nSPS) is 25.3. The van der Waals surface area contributed by atoms with Gasteiger partial charge in [-0.25, -0.2) is 13.1 Å². The quantitative estimate of drug-likeness (QED) is 0.879. The van der Waals surface area contributed by atoms with Crippen molar-refractivity contribution >= 4 is 21.4 Å². The number of thiophene rings is 1. The third-order valence-corrected chi connectivity index (χ3v) is 6.28. The lowest BCUT2D eigenvalue weighted by Crippen LogP contribution is -2.35. The molecule has 1 fully saturated rings. The Hall–Kier alpha value is -0.430. The molecule has 1 heterocycles. The minimum atomic E-state index is -3.41. The van der Waals surface area contributed by atoms with Gasteiger partial charge in [0.1, 0.15) is 4.21 Å². The highest BCUT2D eigenvalue weighted by molar-refractivity contribution is 7.91. The first-order valence-electron chi connectivity index (χ1n) is 5.75. The van der Waals surface area contributed by atoms with Crippen LogP contribution in [0.3, 0.4) is 0 Å². The molecule has 0 aromatic carbocycles. The summed E-state index contributed by atoms with van der Waals surface area (Å²) in [5.74, 6) is 0.405. The lowest BCUT2D eigenvalue weighted by Gasteiger charge is -2.16. The summed E-state index contributed by atoms with van der Waals surface area (Å²) in [6.07, 6.45) is 3.08. The molecule has 1 aliphatic rings. The van der Waals surface area contributed by atoms with Gasteiger partial charge in [0, 0.05) is 10.9 Å². The van der Waals surface area contributed by atoms with Crippen LogP contribution in [0.2, 0.25) is 0 Å². The lowest BCUT2D eigenvalue weighted by molar-refractivity contribution is 0.285. The Labute approximate surface area is 106 Å². The molecular formula is C11H17NO3S2. The zero-order valence-electron chi connectivity index (χ0n) is 9.72. The molecule has 6 heteroatoms. The van der Waals surface area contributed by atoms with Crippen molar-refractivity contribution in [1.82, 2.24) is 4.72 Å². The van der Waals surface area contributed by atoms with Crippen LogP contribution in [0.15, 0.2) is 16.3 Å². The third-order valence-electron chi connectivity index (χ3n) is 3.23. The Morgan fingerprint density at radius 2 is 2.24 bits per heavy atom. The minimum absolute atomic E-state index is 0.0553. The molecule has 4 nitrogen and oxygen atoms in total. The van der Waals surface area contributed by atoms with E-state index in [9.17, 15) is 8.42 Å². The van der Waals surface area contributed by atoms with Gasteiger partial charge in [0.25, 0.3) is 0 Å². The summed E-state index contributed by atoms with van der Waals surface area (Å²) in [6.45, 7) is 1.97. The maximum absolute atomic E-state index is 12.1. The number of rotatable bonds is 4. The van der Waals surface area contributed by atoms with Crippen molar-refractivity contribution in [3.8, 4) is 0 Å². The molecule has 2 unspecified atom stereocenters. The fraction of sp³-hybridized carbons (Fsp3) is 0.636. The third kappa shape index (κ3) is 2.88. The summed E-state index contributed by atoms with van der Waals surface area (Å²) in [4.78, 5) is 0.671. The van der Waals surface area contributed by atoms with Gasteiger partial charge in [0.2, 0.25) is 10.0 Å². The Balaban J connectivity index is 2.13. The number of sulfonamides is 1. The molecule has 0 radical (unpaired) electrons. The summed E-state index contributed by atoms with van der Waals surface area (Å²) in [5.41, 5.74) is 0. The Kier molecular flexibility index (Phi) is 3.87. The van der Waals surface area contributed by atoms with E-state index in [1.807, 2.05) is 0 Å². The first kappa shape index (κ1) is 13.0. The van der Waals surface area contributed by atoms with Gasteiger partial charge in [0.15, 0.2) is 0 Å². The number of aliphatic hydroxyl groups is 1. The molecule has 0 saturated heterocycles. The van der Waals surface area contributed by atoms with E-state index in [1.165, 1.54) is 0 Å². The first-order chi connectivity index (χ1) is 8.03. The van der Waals surface area contributed by atoms with E-state index < -0.39 is 10.0 Å². The second-order valence-electron chi connectivity index (χ2n) is 4.51.